The average molecular weight is 388 g/mol. The van der Waals surface area contributed by atoms with E-state index < -0.39 is 0 Å². The molecule has 3 rings (SSSR count). The van der Waals surface area contributed by atoms with E-state index in [2.05, 4.69) is 20.3 Å². The van der Waals surface area contributed by atoms with Crippen molar-refractivity contribution in [1.29, 1.82) is 0 Å². The van der Waals surface area contributed by atoms with Gasteiger partial charge in [-0.1, -0.05) is 23.2 Å². The zero-order valence-corrected chi connectivity index (χ0v) is 16.1. The van der Waals surface area contributed by atoms with E-state index in [1.54, 1.807) is 24.5 Å². The second-order valence-corrected chi connectivity index (χ2v) is 6.81. The van der Waals surface area contributed by atoms with Crippen LogP contribution in [0, 0.1) is 6.92 Å². The van der Waals surface area contributed by atoms with Gasteiger partial charge in [-0.2, -0.15) is 4.98 Å². The van der Waals surface area contributed by atoms with Gasteiger partial charge in [0, 0.05) is 42.8 Å². The number of aryl methyl sites for hydroxylation is 1. The number of halogens is 2. The van der Waals surface area contributed by atoms with Gasteiger partial charge in [-0.05, 0) is 49.2 Å². The first-order valence-corrected chi connectivity index (χ1v) is 8.94. The van der Waals surface area contributed by atoms with Gasteiger partial charge in [0.1, 0.15) is 5.82 Å². The fraction of sp³-hybridized carbons (Fsp3) is 0.211. The van der Waals surface area contributed by atoms with E-state index in [9.17, 15) is 0 Å². The van der Waals surface area contributed by atoms with Crippen molar-refractivity contribution in [2.75, 3.05) is 23.8 Å². The van der Waals surface area contributed by atoms with Crippen LogP contribution in [0.25, 0.3) is 0 Å². The van der Waals surface area contributed by atoms with Crippen molar-refractivity contribution in [2.45, 2.75) is 13.3 Å². The van der Waals surface area contributed by atoms with Gasteiger partial charge in [-0.15, -0.1) is 0 Å². The number of pyridine rings is 1. The molecule has 2 aromatic heterocycles. The van der Waals surface area contributed by atoms with Crippen LogP contribution < -0.4 is 10.2 Å². The van der Waals surface area contributed by atoms with Gasteiger partial charge in [0.15, 0.2) is 0 Å². The molecule has 0 radical (unpaired) electrons. The van der Waals surface area contributed by atoms with Crippen molar-refractivity contribution in [3.05, 3.63) is 70.1 Å². The number of likely N-dealkylation sites (N-methyl/N-ethyl adjacent to an activating group) is 1. The second-order valence-electron chi connectivity index (χ2n) is 5.97. The zero-order chi connectivity index (χ0) is 18.5. The van der Waals surface area contributed by atoms with E-state index in [1.165, 1.54) is 5.56 Å². The quantitative estimate of drug-likeness (QED) is 0.650. The third-order valence-electron chi connectivity index (χ3n) is 3.86. The lowest BCUT2D eigenvalue weighted by Crippen LogP contribution is -2.23. The number of benzene rings is 1. The molecule has 1 aromatic carbocycles. The molecule has 0 spiro atoms. The third-order valence-corrected chi connectivity index (χ3v) is 4.41. The molecule has 0 unspecified atom stereocenters. The van der Waals surface area contributed by atoms with Crippen LogP contribution in [0.4, 0.5) is 17.5 Å². The topological polar surface area (TPSA) is 53.9 Å². The molecule has 0 fully saturated rings. The van der Waals surface area contributed by atoms with E-state index in [0.717, 1.165) is 24.3 Å². The molecule has 26 heavy (non-hydrogen) atoms. The molecule has 0 aliphatic rings. The van der Waals surface area contributed by atoms with Crippen molar-refractivity contribution in [3.8, 4) is 0 Å². The van der Waals surface area contributed by atoms with Gasteiger partial charge < -0.3 is 10.2 Å². The summed E-state index contributed by atoms with van der Waals surface area (Å²) in [7, 11) is 1.98. The maximum Gasteiger partial charge on any atom is 0.227 e. The molecule has 7 heteroatoms. The number of aromatic nitrogens is 3. The van der Waals surface area contributed by atoms with Crippen molar-refractivity contribution in [3.63, 3.8) is 0 Å². The van der Waals surface area contributed by atoms with Gasteiger partial charge >= 0.3 is 0 Å². The Morgan fingerprint density at radius 1 is 1.04 bits per heavy atom. The molecule has 0 saturated carbocycles. The third kappa shape index (κ3) is 4.84. The molecular weight excluding hydrogens is 369 g/mol. The number of nitrogens with zero attached hydrogens (tertiary/aromatic N) is 4. The molecule has 3 aromatic rings. The highest BCUT2D eigenvalue weighted by Gasteiger charge is 2.09. The predicted molar refractivity (Wildman–Crippen MR) is 108 cm³/mol. The highest BCUT2D eigenvalue weighted by molar-refractivity contribution is 6.36. The fourth-order valence-electron chi connectivity index (χ4n) is 2.46. The van der Waals surface area contributed by atoms with Crippen LogP contribution in [0.2, 0.25) is 10.0 Å². The first kappa shape index (κ1) is 18.4. The normalized spacial score (nSPS) is 10.6. The molecular formula is C19H19Cl2N5. The molecule has 0 aliphatic heterocycles. The highest BCUT2D eigenvalue weighted by Crippen LogP contribution is 2.28. The Morgan fingerprint density at radius 2 is 1.81 bits per heavy atom. The van der Waals surface area contributed by atoms with Crippen molar-refractivity contribution >= 4 is 40.7 Å². The van der Waals surface area contributed by atoms with Crippen LogP contribution in [-0.2, 0) is 6.42 Å². The van der Waals surface area contributed by atoms with Crippen molar-refractivity contribution < 1.29 is 0 Å². The first-order valence-electron chi connectivity index (χ1n) is 8.19. The van der Waals surface area contributed by atoms with E-state index >= 15 is 0 Å². The Balaban J connectivity index is 1.74. The van der Waals surface area contributed by atoms with Gasteiger partial charge in [0.2, 0.25) is 5.95 Å². The molecule has 2 heterocycles. The van der Waals surface area contributed by atoms with Gasteiger partial charge in [0.05, 0.1) is 10.7 Å². The fourth-order valence-corrected chi connectivity index (χ4v) is 2.92. The number of nitrogens with one attached hydrogen (secondary N) is 1. The van der Waals surface area contributed by atoms with Gasteiger partial charge in [0.25, 0.3) is 0 Å². The lowest BCUT2D eigenvalue weighted by atomic mass is 10.2. The molecule has 0 aliphatic carbocycles. The largest absolute Gasteiger partial charge is 0.343 e. The summed E-state index contributed by atoms with van der Waals surface area (Å²) in [6.45, 7) is 2.74. The molecule has 5 nitrogen and oxygen atoms in total. The van der Waals surface area contributed by atoms with Crippen LogP contribution in [0.3, 0.4) is 0 Å². The molecule has 1 N–H and O–H groups in total. The van der Waals surface area contributed by atoms with Gasteiger partial charge in [-0.25, -0.2) is 4.98 Å². The summed E-state index contributed by atoms with van der Waals surface area (Å²) < 4.78 is 0. The maximum atomic E-state index is 6.23. The summed E-state index contributed by atoms with van der Waals surface area (Å²) in [5, 5.41) is 4.37. The summed E-state index contributed by atoms with van der Waals surface area (Å²) in [5.41, 5.74) is 2.85. The molecule has 0 saturated heterocycles. The summed E-state index contributed by atoms with van der Waals surface area (Å²) in [6.07, 6.45) is 4.49. The van der Waals surface area contributed by atoms with Crippen molar-refractivity contribution in [2.24, 2.45) is 0 Å². The summed E-state index contributed by atoms with van der Waals surface area (Å²) in [5.74, 6) is 1.35. The summed E-state index contributed by atoms with van der Waals surface area (Å²) in [6, 6.07) is 11.2. The molecule has 0 atom stereocenters. The Hall–Kier alpha value is -2.37. The minimum Gasteiger partial charge on any atom is -0.343 e. The Morgan fingerprint density at radius 3 is 2.54 bits per heavy atom. The number of hydrogen-bond acceptors (Lipinski definition) is 5. The van der Waals surface area contributed by atoms with Crippen molar-refractivity contribution in [1.82, 2.24) is 15.0 Å². The van der Waals surface area contributed by atoms with Crippen LogP contribution in [-0.4, -0.2) is 28.5 Å². The number of anilines is 3. The Bertz CT molecular complexity index is 886. The number of hydrogen-bond donors (Lipinski definition) is 1. The van der Waals surface area contributed by atoms with Crippen LogP contribution in [0.15, 0.2) is 48.8 Å². The Kier molecular flexibility index (Phi) is 5.91. The summed E-state index contributed by atoms with van der Waals surface area (Å²) in [4.78, 5) is 15.2. The summed E-state index contributed by atoms with van der Waals surface area (Å²) >= 11 is 12.2. The first-order chi connectivity index (χ1) is 12.5. The van der Waals surface area contributed by atoms with Gasteiger partial charge in [-0.3, -0.25) is 4.98 Å². The van der Waals surface area contributed by atoms with Crippen LogP contribution in [0.5, 0.6) is 0 Å². The SMILES string of the molecule is Cc1cc(Nc2ccc(Cl)cc2Cl)nc(N(C)CCc2ccncc2)n1. The van der Waals surface area contributed by atoms with E-state index in [-0.39, 0.29) is 0 Å². The lowest BCUT2D eigenvalue weighted by Gasteiger charge is -2.18. The Labute approximate surface area is 163 Å². The lowest BCUT2D eigenvalue weighted by molar-refractivity contribution is 0.833. The standard InChI is InChI=1S/C19H19Cl2N5/c1-13-11-18(24-17-4-3-15(20)12-16(17)21)25-19(23-13)26(2)10-7-14-5-8-22-9-6-14/h3-6,8-9,11-12H,7,10H2,1-2H3,(H,23,24,25). The minimum atomic E-state index is 0.543. The van der Waals surface area contributed by atoms with E-state index in [4.69, 9.17) is 23.2 Å². The molecule has 0 bridgehead atoms. The zero-order valence-electron chi connectivity index (χ0n) is 14.6. The van der Waals surface area contributed by atoms with Crippen LogP contribution >= 0.6 is 23.2 Å². The van der Waals surface area contributed by atoms with E-state index in [1.807, 2.05) is 43.1 Å². The van der Waals surface area contributed by atoms with Crippen LogP contribution in [0.1, 0.15) is 11.3 Å². The highest BCUT2D eigenvalue weighted by atomic mass is 35.5. The smallest absolute Gasteiger partial charge is 0.227 e. The predicted octanol–water partition coefficient (Wildman–Crippen LogP) is 4.91. The molecule has 134 valence electrons. The minimum absolute atomic E-state index is 0.543. The number of rotatable bonds is 6. The monoisotopic (exact) mass is 387 g/mol. The molecule has 0 amide bonds. The second kappa shape index (κ2) is 8.34. The maximum absolute atomic E-state index is 6.23. The average Bonchev–Trinajstić information content (AvgIpc) is 2.62. The van der Waals surface area contributed by atoms with E-state index in [0.29, 0.717) is 21.8 Å².